The molecule has 0 spiro atoms. The Bertz CT molecular complexity index is 536. The molecular weight excluding hydrogens is 268 g/mol. The second kappa shape index (κ2) is 5.07. The maximum atomic E-state index is 11.1. The first kappa shape index (κ1) is 11.1. The third-order valence-corrected chi connectivity index (χ3v) is 2.76. The van der Waals surface area contributed by atoms with E-state index in [1.54, 1.807) is 0 Å². The monoisotopic (exact) mass is 278 g/mol. The van der Waals surface area contributed by atoms with Crippen LogP contribution in [-0.4, -0.2) is 9.97 Å². The molecule has 3 nitrogen and oxygen atoms in total. The van der Waals surface area contributed by atoms with E-state index < -0.39 is 0 Å². The van der Waals surface area contributed by atoms with Gasteiger partial charge in [-0.05, 0) is 24.1 Å². The standard InChI is InChI=1S/C12H11BrN2O/c13-10-3-1-2-9(8-10)4-5-11-14-7-6-12(16)15-11/h1-3,6-8H,4-5H2,(H,14,15,16). The van der Waals surface area contributed by atoms with Gasteiger partial charge in [-0.3, -0.25) is 4.79 Å². The van der Waals surface area contributed by atoms with E-state index in [2.05, 4.69) is 38.0 Å². The molecule has 82 valence electrons. The fourth-order valence-corrected chi connectivity index (χ4v) is 1.94. The number of hydrogen-bond acceptors (Lipinski definition) is 2. The van der Waals surface area contributed by atoms with Crippen LogP contribution < -0.4 is 5.56 Å². The topological polar surface area (TPSA) is 45.8 Å². The van der Waals surface area contributed by atoms with Crippen molar-refractivity contribution >= 4 is 15.9 Å². The summed E-state index contributed by atoms with van der Waals surface area (Å²) in [6, 6.07) is 9.54. The first-order valence-corrected chi connectivity index (χ1v) is 5.82. The van der Waals surface area contributed by atoms with E-state index in [4.69, 9.17) is 0 Å². The van der Waals surface area contributed by atoms with Crippen LogP contribution in [0.25, 0.3) is 0 Å². The van der Waals surface area contributed by atoms with Crippen molar-refractivity contribution in [2.24, 2.45) is 0 Å². The zero-order chi connectivity index (χ0) is 11.4. The fourth-order valence-electron chi connectivity index (χ4n) is 1.49. The molecule has 0 aliphatic carbocycles. The third-order valence-electron chi connectivity index (χ3n) is 2.26. The van der Waals surface area contributed by atoms with Crippen LogP contribution in [0.15, 0.2) is 45.8 Å². The van der Waals surface area contributed by atoms with Gasteiger partial charge in [-0.2, -0.15) is 0 Å². The van der Waals surface area contributed by atoms with E-state index >= 15 is 0 Å². The molecule has 1 aromatic carbocycles. The van der Waals surface area contributed by atoms with Gasteiger partial charge < -0.3 is 4.98 Å². The van der Waals surface area contributed by atoms with E-state index in [-0.39, 0.29) is 5.56 Å². The Balaban J connectivity index is 2.05. The molecule has 0 amide bonds. The number of aryl methyl sites for hydroxylation is 2. The molecule has 1 heterocycles. The van der Waals surface area contributed by atoms with Crippen LogP contribution in [0.3, 0.4) is 0 Å². The molecule has 0 saturated carbocycles. The van der Waals surface area contributed by atoms with E-state index in [1.165, 1.54) is 17.8 Å². The molecule has 0 fully saturated rings. The number of halogens is 1. The highest BCUT2D eigenvalue weighted by Gasteiger charge is 1.98. The minimum Gasteiger partial charge on any atom is -0.311 e. The molecule has 0 saturated heterocycles. The van der Waals surface area contributed by atoms with E-state index in [0.29, 0.717) is 0 Å². The molecule has 4 heteroatoms. The summed E-state index contributed by atoms with van der Waals surface area (Å²) in [5.41, 5.74) is 1.13. The van der Waals surface area contributed by atoms with Gasteiger partial charge in [0.2, 0.25) is 0 Å². The summed E-state index contributed by atoms with van der Waals surface area (Å²) >= 11 is 3.43. The molecule has 2 aromatic rings. The Kier molecular flexibility index (Phi) is 3.51. The molecule has 0 unspecified atom stereocenters. The van der Waals surface area contributed by atoms with Crippen molar-refractivity contribution in [1.82, 2.24) is 9.97 Å². The maximum Gasteiger partial charge on any atom is 0.250 e. The molecule has 1 aromatic heterocycles. The molecule has 0 radical (unpaired) electrons. The average molecular weight is 279 g/mol. The van der Waals surface area contributed by atoms with Crippen LogP contribution >= 0.6 is 15.9 Å². The van der Waals surface area contributed by atoms with Gasteiger partial charge in [-0.15, -0.1) is 0 Å². The van der Waals surface area contributed by atoms with Gasteiger partial charge in [-0.1, -0.05) is 28.1 Å². The number of rotatable bonds is 3. The van der Waals surface area contributed by atoms with Crippen molar-refractivity contribution < 1.29 is 0 Å². The Morgan fingerprint density at radius 2 is 2.12 bits per heavy atom. The Morgan fingerprint density at radius 3 is 2.88 bits per heavy atom. The van der Waals surface area contributed by atoms with Gasteiger partial charge in [-0.25, -0.2) is 4.98 Å². The zero-order valence-corrected chi connectivity index (χ0v) is 10.2. The summed E-state index contributed by atoms with van der Waals surface area (Å²) in [6.45, 7) is 0. The number of aromatic amines is 1. The zero-order valence-electron chi connectivity index (χ0n) is 8.61. The summed E-state index contributed by atoms with van der Waals surface area (Å²) in [7, 11) is 0. The van der Waals surface area contributed by atoms with E-state index in [0.717, 1.165) is 23.1 Å². The van der Waals surface area contributed by atoms with Gasteiger partial charge in [0.1, 0.15) is 5.82 Å². The lowest BCUT2D eigenvalue weighted by molar-refractivity contribution is 0.847. The lowest BCUT2D eigenvalue weighted by atomic mass is 10.1. The molecule has 16 heavy (non-hydrogen) atoms. The average Bonchev–Trinajstić information content (AvgIpc) is 2.27. The van der Waals surface area contributed by atoms with Crippen molar-refractivity contribution in [3.05, 3.63) is 62.7 Å². The molecule has 0 aliphatic heterocycles. The predicted molar refractivity (Wildman–Crippen MR) is 66.4 cm³/mol. The maximum absolute atomic E-state index is 11.1. The fraction of sp³-hybridized carbons (Fsp3) is 0.167. The smallest absolute Gasteiger partial charge is 0.250 e. The first-order valence-electron chi connectivity index (χ1n) is 5.03. The highest BCUT2D eigenvalue weighted by atomic mass is 79.9. The molecule has 0 atom stereocenters. The van der Waals surface area contributed by atoms with Crippen LogP contribution in [0.2, 0.25) is 0 Å². The molecule has 0 aliphatic rings. The third kappa shape index (κ3) is 3.03. The van der Waals surface area contributed by atoms with Crippen LogP contribution in [0.5, 0.6) is 0 Å². The van der Waals surface area contributed by atoms with Crippen molar-refractivity contribution in [2.75, 3.05) is 0 Å². The summed E-state index contributed by atoms with van der Waals surface area (Å²) in [5.74, 6) is 0.729. The SMILES string of the molecule is O=c1ccnc(CCc2cccc(Br)c2)[nH]1. The van der Waals surface area contributed by atoms with Crippen LogP contribution in [0, 0.1) is 0 Å². The Labute approximate surface area is 102 Å². The van der Waals surface area contributed by atoms with Crippen LogP contribution in [0.1, 0.15) is 11.4 Å². The first-order chi connectivity index (χ1) is 7.74. The van der Waals surface area contributed by atoms with Crippen molar-refractivity contribution in [3.63, 3.8) is 0 Å². The van der Waals surface area contributed by atoms with Crippen molar-refractivity contribution in [1.29, 1.82) is 0 Å². The van der Waals surface area contributed by atoms with Crippen molar-refractivity contribution in [2.45, 2.75) is 12.8 Å². The van der Waals surface area contributed by atoms with Gasteiger partial charge >= 0.3 is 0 Å². The minimum absolute atomic E-state index is 0.0979. The minimum atomic E-state index is -0.0979. The van der Waals surface area contributed by atoms with Crippen LogP contribution in [0.4, 0.5) is 0 Å². The quantitative estimate of drug-likeness (QED) is 0.937. The van der Waals surface area contributed by atoms with Gasteiger partial charge in [0.05, 0.1) is 0 Å². The normalized spacial score (nSPS) is 10.3. The lowest BCUT2D eigenvalue weighted by Crippen LogP contribution is -2.09. The molecule has 2 rings (SSSR count). The van der Waals surface area contributed by atoms with Crippen LogP contribution in [-0.2, 0) is 12.8 Å². The van der Waals surface area contributed by atoms with Crippen molar-refractivity contribution in [3.8, 4) is 0 Å². The Hall–Kier alpha value is -1.42. The number of nitrogens with one attached hydrogen (secondary N) is 1. The summed E-state index contributed by atoms with van der Waals surface area (Å²) in [5, 5.41) is 0. The number of nitrogens with zero attached hydrogens (tertiary/aromatic N) is 1. The van der Waals surface area contributed by atoms with Gasteiger partial charge in [0.25, 0.3) is 5.56 Å². The summed E-state index contributed by atoms with van der Waals surface area (Å²) in [4.78, 5) is 17.9. The van der Waals surface area contributed by atoms with Gasteiger partial charge in [0, 0.05) is 23.2 Å². The number of hydrogen-bond donors (Lipinski definition) is 1. The number of aromatic nitrogens is 2. The van der Waals surface area contributed by atoms with E-state index in [1.807, 2.05) is 12.1 Å². The molecule has 1 N–H and O–H groups in total. The largest absolute Gasteiger partial charge is 0.311 e. The molecular formula is C12H11BrN2O. The van der Waals surface area contributed by atoms with Gasteiger partial charge in [0.15, 0.2) is 0 Å². The second-order valence-corrected chi connectivity index (χ2v) is 4.43. The predicted octanol–water partition coefficient (Wildman–Crippen LogP) is 2.32. The summed E-state index contributed by atoms with van der Waals surface area (Å²) < 4.78 is 1.07. The highest BCUT2D eigenvalue weighted by molar-refractivity contribution is 9.10. The second-order valence-electron chi connectivity index (χ2n) is 3.51. The number of H-pyrrole nitrogens is 1. The number of benzene rings is 1. The summed E-state index contributed by atoms with van der Waals surface area (Å²) in [6.07, 6.45) is 3.15. The lowest BCUT2D eigenvalue weighted by Gasteiger charge is -2.01. The highest BCUT2D eigenvalue weighted by Crippen LogP contribution is 2.12. The van der Waals surface area contributed by atoms with E-state index in [9.17, 15) is 4.79 Å². The Morgan fingerprint density at radius 1 is 1.25 bits per heavy atom. The molecule has 0 bridgehead atoms.